The lowest BCUT2D eigenvalue weighted by Gasteiger charge is -2.33. The molecule has 136 valence electrons. The van der Waals surface area contributed by atoms with E-state index in [4.69, 9.17) is 0 Å². The van der Waals surface area contributed by atoms with E-state index in [0.29, 0.717) is 0 Å². The first kappa shape index (κ1) is 17.6. The first-order valence-corrected chi connectivity index (χ1v) is 10.4. The fraction of sp³-hybridized carbons (Fsp3) is 0.455. The Hall–Kier alpha value is -1.78. The van der Waals surface area contributed by atoms with E-state index >= 15 is 0 Å². The van der Waals surface area contributed by atoms with E-state index in [2.05, 4.69) is 66.0 Å². The van der Waals surface area contributed by atoms with Gasteiger partial charge in [0.15, 0.2) is 0 Å². The normalized spacial score (nSPS) is 18.5. The maximum atomic E-state index is 4.57. The number of hydrogen-bond acceptors (Lipinski definition) is 4. The van der Waals surface area contributed by atoms with Gasteiger partial charge >= 0.3 is 0 Å². The second-order valence-electron chi connectivity index (χ2n) is 7.74. The highest BCUT2D eigenvalue weighted by Gasteiger charge is 2.20. The number of hydrogen-bond donors (Lipinski definition) is 0. The van der Waals surface area contributed by atoms with Crippen LogP contribution >= 0.6 is 11.3 Å². The van der Waals surface area contributed by atoms with Crippen LogP contribution in [0.25, 0.3) is 10.2 Å². The zero-order chi connectivity index (χ0) is 18.1. The summed E-state index contributed by atoms with van der Waals surface area (Å²) < 4.78 is 1.32. The van der Waals surface area contributed by atoms with Crippen LogP contribution in [0, 0.1) is 26.7 Å². The summed E-state index contributed by atoms with van der Waals surface area (Å²) in [5, 5.41) is 1.15. The van der Waals surface area contributed by atoms with Gasteiger partial charge in [0, 0.05) is 24.5 Å². The van der Waals surface area contributed by atoms with E-state index in [1.807, 2.05) is 0 Å². The van der Waals surface area contributed by atoms with Gasteiger partial charge in [0.2, 0.25) is 0 Å². The minimum atomic E-state index is 0.749. The van der Waals surface area contributed by atoms with Crippen LogP contribution in [-0.2, 0) is 13.0 Å². The number of pyridine rings is 1. The number of benzene rings is 1. The third kappa shape index (κ3) is 4.13. The number of aromatic nitrogens is 2. The molecule has 0 radical (unpaired) electrons. The molecular formula is C22H27N3S. The number of rotatable bonds is 4. The second-order valence-corrected chi connectivity index (χ2v) is 8.98. The molecule has 3 aromatic rings. The number of thiazole rings is 1. The molecule has 0 bridgehead atoms. The van der Waals surface area contributed by atoms with Gasteiger partial charge in [0.05, 0.1) is 15.2 Å². The highest BCUT2D eigenvalue weighted by molar-refractivity contribution is 7.18. The van der Waals surface area contributed by atoms with Gasteiger partial charge < -0.3 is 0 Å². The van der Waals surface area contributed by atoms with Crippen molar-refractivity contribution >= 4 is 21.6 Å². The van der Waals surface area contributed by atoms with Crippen LogP contribution in [0.1, 0.15) is 40.4 Å². The Kier molecular flexibility index (Phi) is 5.05. The molecule has 0 N–H and O–H groups in total. The molecule has 0 aliphatic carbocycles. The minimum Gasteiger partial charge on any atom is -0.299 e. The van der Waals surface area contributed by atoms with Crippen molar-refractivity contribution < 1.29 is 0 Å². The largest absolute Gasteiger partial charge is 0.299 e. The molecule has 2 aromatic heterocycles. The Morgan fingerprint density at radius 2 is 1.85 bits per heavy atom. The fourth-order valence-electron chi connectivity index (χ4n) is 4.27. The molecule has 4 rings (SSSR count). The summed E-state index contributed by atoms with van der Waals surface area (Å²) in [7, 11) is 0. The molecular weight excluding hydrogens is 338 g/mol. The summed E-state index contributed by atoms with van der Waals surface area (Å²) in [6.07, 6.45) is 3.81. The van der Waals surface area contributed by atoms with E-state index in [1.54, 1.807) is 11.3 Å². The molecule has 1 aliphatic heterocycles. The van der Waals surface area contributed by atoms with Gasteiger partial charge in [0.25, 0.3) is 0 Å². The molecule has 26 heavy (non-hydrogen) atoms. The number of nitrogens with zero attached hydrogens (tertiary/aromatic N) is 3. The van der Waals surface area contributed by atoms with Crippen molar-refractivity contribution in [1.29, 1.82) is 0 Å². The summed E-state index contributed by atoms with van der Waals surface area (Å²) in [5.74, 6) is 0.749. The van der Waals surface area contributed by atoms with Gasteiger partial charge in [-0.3, -0.25) is 9.88 Å². The molecule has 1 atom stereocenters. The zero-order valence-corrected chi connectivity index (χ0v) is 16.8. The van der Waals surface area contributed by atoms with Crippen LogP contribution in [0.2, 0.25) is 0 Å². The Bertz CT molecular complexity index is 895. The minimum absolute atomic E-state index is 0.749. The summed E-state index contributed by atoms with van der Waals surface area (Å²) >= 11 is 1.80. The molecule has 1 fully saturated rings. The van der Waals surface area contributed by atoms with Gasteiger partial charge in [-0.05, 0) is 87.9 Å². The van der Waals surface area contributed by atoms with Crippen molar-refractivity contribution in [1.82, 2.24) is 14.9 Å². The van der Waals surface area contributed by atoms with E-state index < -0.39 is 0 Å². The van der Waals surface area contributed by atoms with Gasteiger partial charge in [-0.2, -0.15) is 0 Å². The predicted octanol–water partition coefficient (Wildman–Crippen LogP) is 5.07. The second kappa shape index (κ2) is 7.45. The maximum Gasteiger partial charge on any atom is 0.0907 e. The van der Waals surface area contributed by atoms with Crippen molar-refractivity contribution in [3.8, 4) is 0 Å². The van der Waals surface area contributed by atoms with E-state index in [9.17, 15) is 0 Å². The summed E-state index contributed by atoms with van der Waals surface area (Å²) in [6, 6.07) is 11.3. The molecule has 0 spiro atoms. The van der Waals surface area contributed by atoms with E-state index in [-0.39, 0.29) is 0 Å². The third-order valence-corrected chi connectivity index (χ3v) is 6.17. The Morgan fingerprint density at radius 1 is 1.04 bits per heavy atom. The van der Waals surface area contributed by atoms with E-state index in [1.165, 1.54) is 48.2 Å². The third-order valence-electron chi connectivity index (χ3n) is 5.23. The average Bonchev–Trinajstić information content (AvgIpc) is 2.93. The van der Waals surface area contributed by atoms with Gasteiger partial charge in [-0.25, -0.2) is 4.98 Å². The molecule has 0 unspecified atom stereocenters. The summed E-state index contributed by atoms with van der Waals surface area (Å²) in [6.45, 7) is 9.74. The van der Waals surface area contributed by atoms with Crippen LogP contribution in [0.4, 0.5) is 0 Å². The molecule has 3 nitrogen and oxygen atoms in total. The highest BCUT2D eigenvalue weighted by Crippen LogP contribution is 2.26. The first-order chi connectivity index (χ1) is 12.5. The van der Waals surface area contributed by atoms with Crippen LogP contribution < -0.4 is 0 Å². The van der Waals surface area contributed by atoms with Gasteiger partial charge in [0.1, 0.15) is 0 Å². The molecule has 1 aromatic carbocycles. The monoisotopic (exact) mass is 365 g/mol. The SMILES string of the molecule is Cc1cc(C[C@H]2CCCN(Cc3ccc4nc(C)sc4c3)C2)cc(C)n1. The zero-order valence-electron chi connectivity index (χ0n) is 16.0. The fourth-order valence-corrected chi connectivity index (χ4v) is 5.17. The molecule has 3 heterocycles. The van der Waals surface area contributed by atoms with Gasteiger partial charge in [-0.15, -0.1) is 11.3 Å². The molecule has 4 heteroatoms. The van der Waals surface area contributed by atoms with Gasteiger partial charge in [-0.1, -0.05) is 6.07 Å². The lowest BCUT2D eigenvalue weighted by Crippen LogP contribution is -2.35. The lowest BCUT2D eigenvalue weighted by atomic mass is 9.91. The summed E-state index contributed by atoms with van der Waals surface area (Å²) in [4.78, 5) is 11.7. The topological polar surface area (TPSA) is 29.0 Å². The highest BCUT2D eigenvalue weighted by atomic mass is 32.1. The van der Waals surface area contributed by atoms with Crippen LogP contribution in [0.3, 0.4) is 0 Å². The standard InChI is InChI=1S/C22H27N3S/c1-15-9-20(10-16(2)23-15)11-18-5-4-8-25(13-18)14-19-6-7-21-22(12-19)26-17(3)24-21/h6-7,9-10,12,18H,4-5,8,11,13-14H2,1-3H3/t18-/m1/s1. The Morgan fingerprint density at radius 3 is 2.65 bits per heavy atom. The average molecular weight is 366 g/mol. The Balaban J connectivity index is 1.42. The summed E-state index contributed by atoms with van der Waals surface area (Å²) in [5.41, 5.74) is 6.28. The maximum absolute atomic E-state index is 4.57. The smallest absolute Gasteiger partial charge is 0.0907 e. The predicted molar refractivity (Wildman–Crippen MR) is 110 cm³/mol. The van der Waals surface area contributed by atoms with Crippen molar-refractivity contribution in [2.75, 3.05) is 13.1 Å². The number of aryl methyl sites for hydroxylation is 3. The number of fused-ring (bicyclic) bond motifs is 1. The molecule has 1 saturated heterocycles. The molecule has 0 amide bonds. The van der Waals surface area contributed by atoms with Crippen LogP contribution in [-0.4, -0.2) is 28.0 Å². The van der Waals surface area contributed by atoms with Crippen LogP contribution in [0.5, 0.6) is 0 Å². The quantitative estimate of drug-likeness (QED) is 0.646. The van der Waals surface area contributed by atoms with Crippen molar-refractivity contribution in [2.45, 2.75) is 46.6 Å². The molecule has 1 aliphatic rings. The number of piperidine rings is 1. The first-order valence-electron chi connectivity index (χ1n) is 9.58. The molecule has 0 saturated carbocycles. The number of likely N-dealkylation sites (tertiary alicyclic amines) is 1. The van der Waals surface area contributed by atoms with E-state index in [0.717, 1.165) is 34.4 Å². The lowest BCUT2D eigenvalue weighted by molar-refractivity contribution is 0.167. The van der Waals surface area contributed by atoms with Crippen molar-refractivity contribution in [3.05, 3.63) is 57.9 Å². The van der Waals surface area contributed by atoms with Crippen molar-refractivity contribution in [2.24, 2.45) is 5.92 Å². The van der Waals surface area contributed by atoms with Crippen LogP contribution in [0.15, 0.2) is 30.3 Å². The van der Waals surface area contributed by atoms with Crippen molar-refractivity contribution in [3.63, 3.8) is 0 Å². The Labute approximate surface area is 160 Å².